The van der Waals surface area contributed by atoms with Gasteiger partial charge in [0.05, 0.1) is 25.9 Å². The number of nitrogens with one attached hydrogen (secondary N) is 1. The van der Waals surface area contributed by atoms with Gasteiger partial charge in [0.1, 0.15) is 5.75 Å². The molecule has 0 heterocycles. The van der Waals surface area contributed by atoms with E-state index in [1.54, 1.807) is 13.2 Å². The minimum atomic E-state index is -1.95. The average molecular weight is 463 g/mol. The van der Waals surface area contributed by atoms with Gasteiger partial charge >= 0.3 is 0 Å². The maximum Gasteiger partial charge on any atom is 0.192 e. The van der Waals surface area contributed by atoms with Crippen LogP contribution >= 0.6 is 0 Å². The molecule has 4 atom stereocenters. The van der Waals surface area contributed by atoms with Gasteiger partial charge in [-0.25, -0.2) is 0 Å². The first-order valence-electron chi connectivity index (χ1n) is 12.0. The van der Waals surface area contributed by atoms with Crippen LogP contribution in [0, 0.1) is 5.92 Å². The van der Waals surface area contributed by atoms with Crippen molar-refractivity contribution in [3.63, 3.8) is 0 Å². The first-order valence-corrected chi connectivity index (χ1v) is 14.9. The Morgan fingerprint density at radius 2 is 1.94 bits per heavy atom. The molecule has 5 nitrogen and oxygen atoms in total. The molecular weight excluding hydrogens is 416 g/mol. The molecule has 0 bridgehead atoms. The molecule has 0 unspecified atom stereocenters. The van der Waals surface area contributed by atoms with E-state index in [0.717, 1.165) is 25.1 Å². The summed E-state index contributed by atoms with van der Waals surface area (Å²) in [6, 6.07) is 6.43. The number of benzene rings is 1. The van der Waals surface area contributed by atoms with E-state index >= 15 is 0 Å². The molecule has 0 aliphatic heterocycles. The fraction of sp³-hybridized carbons (Fsp3) is 0.692. The summed E-state index contributed by atoms with van der Waals surface area (Å²) in [7, 11) is -0.245. The molecule has 0 saturated heterocycles. The Balaban J connectivity index is 2.21. The minimum absolute atomic E-state index is 0.00405. The van der Waals surface area contributed by atoms with E-state index < -0.39 is 8.32 Å². The highest BCUT2D eigenvalue weighted by atomic mass is 28.4. The van der Waals surface area contributed by atoms with Crippen LogP contribution in [-0.2, 0) is 9.16 Å². The molecule has 1 aliphatic carbocycles. The van der Waals surface area contributed by atoms with Crippen LogP contribution in [0.2, 0.25) is 18.1 Å². The summed E-state index contributed by atoms with van der Waals surface area (Å²) in [5.74, 6) is 1.40. The maximum atomic E-state index is 6.83. The SMILES string of the molecule is C=CCO[C@@H]1C[C@H](NC[C@@H](O[Si](C)(C)C(C)(C)C)[C@@H](N)CC(C)C)c2cc(OC)ccc21. The van der Waals surface area contributed by atoms with Crippen molar-refractivity contribution in [1.29, 1.82) is 0 Å². The number of ether oxygens (including phenoxy) is 2. The Kier molecular flexibility index (Phi) is 9.55. The average Bonchev–Trinajstić information content (AvgIpc) is 3.04. The Morgan fingerprint density at radius 1 is 1.25 bits per heavy atom. The number of fused-ring (bicyclic) bond motifs is 1. The summed E-state index contributed by atoms with van der Waals surface area (Å²) in [4.78, 5) is 0. The minimum Gasteiger partial charge on any atom is -0.497 e. The lowest BCUT2D eigenvalue weighted by Crippen LogP contribution is -2.53. The lowest BCUT2D eigenvalue weighted by Gasteiger charge is -2.41. The summed E-state index contributed by atoms with van der Waals surface area (Å²) in [5, 5.41) is 3.92. The van der Waals surface area contributed by atoms with E-state index in [1.807, 2.05) is 6.07 Å². The summed E-state index contributed by atoms with van der Waals surface area (Å²) in [6.45, 7) is 20.9. The third-order valence-electron chi connectivity index (χ3n) is 6.92. The van der Waals surface area contributed by atoms with Gasteiger partial charge in [-0.1, -0.05) is 46.8 Å². The van der Waals surface area contributed by atoms with Crippen molar-refractivity contribution in [3.05, 3.63) is 42.0 Å². The largest absolute Gasteiger partial charge is 0.497 e. The van der Waals surface area contributed by atoms with Crippen molar-refractivity contribution in [2.75, 3.05) is 20.3 Å². The predicted molar refractivity (Wildman–Crippen MR) is 137 cm³/mol. The third-order valence-corrected chi connectivity index (χ3v) is 11.4. The molecular formula is C26H46N2O3Si. The van der Waals surface area contributed by atoms with Crippen LogP contribution < -0.4 is 15.8 Å². The molecule has 1 aliphatic rings. The first kappa shape index (κ1) is 27.1. The molecule has 182 valence electrons. The van der Waals surface area contributed by atoms with E-state index in [0.29, 0.717) is 12.5 Å². The van der Waals surface area contributed by atoms with E-state index in [-0.39, 0.29) is 29.3 Å². The van der Waals surface area contributed by atoms with E-state index in [2.05, 4.69) is 71.7 Å². The van der Waals surface area contributed by atoms with Crippen LogP contribution in [0.1, 0.15) is 70.7 Å². The summed E-state index contributed by atoms with van der Waals surface area (Å²) < 4.78 is 18.4. The fourth-order valence-corrected chi connectivity index (χ4v) is 5.44. The van der Waals surface area contributed by atoms with Crippen LogP contribution in [0.3, 0.4) is 0 Å². The highest BCUT2D eigenvalue weighted by Gasteiger charge is 2.41. The van der Waals surface area contributed by atoms with Crippen molar-refractivity contribution >= 4 is 8.32 Å². The normalized spacial score (nSPS) is 20.8. The zero-order chi connectivity index (χ0) is 24.1. The van der Waals surface area contributed by atoms with Crippen molar-refractivity contribution in [3.8, 4) is 5.75 Å². The van der Waals surface area contributed by atoms with Crippen LogP contribution in [0.25, 0.3) is 0 Å². The Bertz CT molecular complexity index is 745. The third kappa shape index (κ3) is 6.91. The topological polar surface area (TPSA) is 65.7 Å². The number of nitrogens with two attached hydrogens (primary N) is 1. The molecule has 0 amide bonds. The molecule has 32 heavy (non-hydrogen) atoms. The molecule has 0 spiro atoms. The zero-order valence-corrected chi connectivity index (χ0v) is 22.5. The van der Waals surface area contributed by atoms with E-state index in [1.165, 1.54) is 11.1 Å². The summed E-state index contributed by atoms with van der Waals surface area (Å²) in [6.07, 6.45) is 3.65. The smallest absolute Gasteiger partial charge is 0.192 e. The van der Waals surface area contributed by atoms with Gasteiger partial charge in [0.25, 0.3) is 0 Å². The van der Waals surface area contributed by atoms with Gasteiger partial charge < -0.3 is 25.0 Å². The number of hydrogen-bond acceptors (Lipinski definition) is 5. The summed E-state index contributed by atoms with van der Waals surface area (Å²) >= 11 is 0. The Labute approximate surface area is 197 Å². The van der Waals surface area contributed by atoms with Crippen molar-refractivity contribution < 1.29 is 13.9 Å². The van der Waals surface area contributed by atoms with E-state index in [4.69, 9.17) is 19.6 Å². The quantitative estimate of drug-likeness (QED) is 0.306. The predicted octanol–water partition coefficient (Wildman–Crippen LogP) is 5.74. The monoisotopic (exact) mass is 462 g/mol. The maximum absolute atomic E-state index is 6.83. The number of hydrogen-bond donors (Lipinski definition) is 2. The summed E-state index contributed by atoms with van der Waals surface area (Å²) in [5.41, 5.74) is 9.15. The zero-order valence-electron chi connectivity index (χ0n) is 21.5. The molecule has 0 saturated carbocycles. The lowest BCUT2D eigenvalue weighted by molar-refractivity contribution is 0.0679. The van der Waals surface area contributed by atoms with Crippen LogP contribution in [-0.4, -0.2) is 40.7 Å². The van der Waals surface area contributed by atoms with Crippen molar-refractivity contribution in [1.82, 2.24) is 5.32 Å². The van der Waals surface area contributed by atoms with Gasteiger partial charge in [-0.2, -0.15) is 0 Å². The first-order chi connectivity index (χ1) is 14.9. The molecule has 1 aromatic carbocycles. The van der Waals surface area contributed by atoms with Crippen LogP contribution in [0.5, 0.6) is 5.75 Å². The van der Waals surface area contributed by atoms with Gasteiger partial charge in [0.15, 0.2) is 8.32 Å². The second-order valence-electron chi connectivity index (χ2n) is 11.0. The van der Waals surface area contributed by atoms with Crippen LogP contribution in [0.15, 0.2) is 30.9 Å². The van der Waals surface area contributed by atoms with Gasteiger partial charge in [-0.15, -0.1) is 6.58 Å². The van der Waals surface area contributed by atoms with E-state index in [9.17, 15) is 0 Å². The molecule has 2 rings (SSSR count). The molecule has 0 fully saturated rings. The molecule has 0 aromatic heterocycles. The second-order valence-corrected chi connectivity index (χ2v) is 15.8. The van der Waals surface area contributed by atoms with Crippen LogP contribution in [0.4, 0.5) is 0 Å². The molecule has 6 heteroatoms. The highest BCUT2D eigenvalue weighted by molar-refractivity contribution is 6.74. The second kappa shape index (κ2) is 11.3. The number of rotatable bonds is 12. The highest BCUT2D eigenvalue weighted by Crippen LogP contribution is 2.43. The van der Waals surface area contributed by atoms with Gasteiger partial charge in [-0.05, 0) is 60.2 Å². The van der Waals surface area contributed by atoms with Gasteiger partial charge in [0, 0.05) is 18.6 Å². The van der Waals surface area contributed by atoms with Gasteiger partial charge in [-0.3, -0.25) is 0 Å². The lowest BCUT2D eigenvalue weighted by atomic mass is 9.99. The molecule has 1 aromatic rings. The Hall–Kier alpha value is -1.18. The number of methoxy groups -OCH3 is 1. The van der Waals surface area contributed by atoms with Gasteiger partial charge in [0.2, 0.25) is 0 Å². The molecule has 3 N–H and O–H groups in total. The fourth-order valence-electron chi connectivity index (χ4n) is 4.07. The van der Waals surface area contributed by atoms with Crippen molar-refractivity contribution in [2.45, 2.75) is 89.9 Å². The molecule has 0 radical (unpaired) electrons. The van der Waals surface area contributed by atoms with Crippen molar-refractivity contribution in [2.24, 2.45) is 11.7 Å². The Morgan fingerprint density at radius 3 is 2.50 bits per heavy atom. The standard InChI is InChI=1S/C26H46N2O3Si/c1-10-13-30-24-16-23(21-15-19(29-7)11-12-20(21)24)28-17-25(22(27)14-18(2)3)31-32(8,9)26(4,5)6/h10-12,15,18,22-25,28H,1,13-14,16-17,27H2,2-9H3/t22-,23-,24+,25+/m0/s1.